The average molecular weight is 300 g/mol. The van der Waals surface area contributed by atoms with Gasteiger partial charge in [-0.2, -0.15) is 0 Å². The molecular formula is C13H20N2O4S. The van der Waals surface area contributed by atoms with Crippen LogP contribution in [0.2, 0.25) is 0 Å². The van der Waals surface area contributed by atoms with Crippen LogP contribution in [0.1, 0.15) is 56.6 Å². The summed E-state index contributed by atoms with van der Waals surface area (Å²) in [5.41, 5.74) is -0.387. The molecule has 0 radical (unpaired) electrons. The van der Waals surface area contributed by atoms with Crippen LogP contribution in [0.5, 0.6) is 0 Å². The highest BCUT2D eigenvalue weighted by molar-refractivity contribution is 7.89. The predicted octanol–water partition coefficient (Wildman–Crippen LogP) is 1.82. The summed E-state index contributed by atoms with van der Waals surface area (Å²) in [4.78, 5) is 12.1. The third-order valence-corrected chi connectivity index (χ3v) is 4.11. The molecule has 0 atom stereocenters. The number of hydrogen-bond acceptors (Lipinski definition) is 4. The second-order valence-corrected chi connectivity index (χ2v) is 7.66. The minimum absolute atomic E-state index is 0.0507. The van der Waals surface area contributed by atoms with Gasteiger partial charge in [-0.1, -0.05) is 0 Å². The molecule has 1 aliphatic rings. The highest BCUT2D eigenvalue weighted by atomic mass is 32.2. The first-order valence-corrected chi connectivity index (χ1v) is 8.10. The van der Waals surface area contributed by atoms with Crippen molar-refractivity contribution < 1.29 is 17.9 Å². The Kier molecular flexibility index (Phi) is 3.68. The van der Waals surface area contributed by atoms with Crippen LogP contribution in [0.15, 0.2) is 17.2 Å². The quantitative estimate of drug-likeness (QED) is 0.862. The second-order valence-electron chi connectivity index (χ2n) is 6.10. The van der Waals surface area contributed by atoms with Crippen molar-refractivity contribution >= 4 is 16.0 Å². The van der Waals surface area contributed by atoms with Crippen LogP contribution < -0.4 is 5.14 Å². The van der Waals surface area contributed by atoms with Crippen molar-refractivity contribution in [1.29, 1.82) is 0 Å². The molecule has 20 heavy (non-hydrogen) atoms. The van der Waals surface area contributed by atoms with Gasteiger partial charge in [-0.3, -0.25) is 0 Å². The first-order valence-electron chi connectivity index (χ1n) is 6.56. The summed E-state index contributed by atoms with van der Waals surface area (Å²) in [7, 11) is -3.83. The smallest absolute Gasteiger partial charge is 0.355 e. The summed E-state index contributed by atoms with van der Waals surface area (Å²) in [6.07, 6.45) is 4.35. The van der Waals surface area contributed by atoms with E-state index in [1.54, 1.807) is 25.3 Å². The summed E-state index contributed by atoms with van der Waals surface area (Å²) in [5, 5.41) is 5.13. The number of primary sulfonamides is 1. The van der Waals surface area contributed by atoms with Gasteiger partial charge < -0.3 is 9.30 Å². The molecule has 1 aromatic heterocycles. The Labute approximate surface area is 119 Å². The molecule has 6 nitrogen and oxygen atoms in total. The lowest BCUT2D eigenvalue weighted by Crippen LogP contribution is -2.27. The standard InChI is InChI=1S/C13H20N2O4S/c1-13(2,3)19-12(16)11-7-10(20(14,17)18)8-15(11)9-5-4-6-9/h7-9H,4-6H2,1-3H3,(H2,14,17,18). The highest BCUT2D eigenvalue weighted by Gasteiger charge is 2.29. The molecule has 1 heterocycles. The Morgan fingerprint density at radius 3 is 2.40 bits per heavy atom. The fraction of sp³-hybridized carbons (Fsp3) is 0.615. The van der Waals surface area contributed by atoms with E-state index >= 15 is 0 Å². The molecule has 0 aromatic carbocycles. The molecule has 112 valence electrons. The van der Waals surface area contributed by atoms with Crippen molar-refractivity contribution in [3.05, 3.63) is 18.0 Å². The van der Waals surface area contributed by atoms with E-state index in [4.69, 9.17) is 9.88 Å². The Morgan fingerprint density at radius 2 is 2.00 bits per heavy atom. The van der Waals surface area contributed by atoms with Gasteiger partial charge in [0.1, 0.15) is 16.2 Å². The van der Waals surface area contributed by atoms with Crippen LogP contribution in [0.4, 0.5) is 0 Å². The molecule has 0 aliphatic heterocycles. The van der Waals surface area contributed by atoms with Crippen molar-refractivity contribution in [2.45, 2.75) is 56.6 Å². The maximum absolute atomic E-state index is 12.2. The van der Waals surface area contributed by atoms with E-state index < -0.39 is 21.6 Å². The van der Waals surface area contributed by atoms with Gasteiger partial charge in [0, 0.05) is 12.2 Å². The monoisotopic (exact) mass is 300 g/mol. The van der Waals surface area contributed by atoms with Gasteiger partial charge in [0.2, 0.25) is 10.0 Å². The number of aromatic nitrogens is 1. The molecule has 0 amide bonds. The molecule has 7 heteroatoms. The first kappa shape index (κ1) is 15.1. The minimum atomic E-state index is -3.83. The van der Waals surface area contributed by atoms with Gasteiger partial charge in [0.15, 0.2) is 0 Å². The van der Waals surface area contributed by atoms with E-state index in [0.717, 1.165) is 19.3 Å². The molecule has 2 N–H and O–H groups in total. The first-order chi connectivity index (χ1) is 9.08. The van der Waals surface area contributed by atoms with E-state index in [-0.39, 0.29) is 16.6 Å². The van der Waals surface area contributed by atoms with Gasteiger partial charge in [-0.05, 0) is 46.1 Å². The number of rotatable bonds is 3. The van der Waals surface area contributed by atoms with Crippen molar-refractivity contribution in [3.8, 4) is 0 Å². The summed E-state index contributed by atoms with van der Waals surface area (Å²) in [6.45, 7) is 5.30. The maximum atomic E-state index is 12.2. The summed E-state index contributed by atoms with van der Waals surface area (Å²) in [5.74, 6) is -0.528. The zero-order valence-electron chi connectivity index (χ0n) is 11.9. The van der Waals surface area contributed by atoms with E-state index in [2.05, 4.69) is 0 Å². The Hall–Kier alpha value is -1.34. The number of nitrogens with zero attached hydrogens (tertiary/aromatic N) is 1. The molecule has 0 saturated heterocycles. The van der Waals surface area contributed by atoms with E-state index in [0.29, 0.717) is 0 Å². The third kappa shape index (κ3) is 3.21. The second kappa shape index (κ2) is 4.89. The van der Waals surface area contributed by atoms with Crippen LogP contribution in [-0.4, -0.2) is 24.6 Å². The van der Waals surface area contributed by atoms with Gasteiger partial charge in [-0.25, -0.2) is 18.4 Å². The third-order valence-electron chi connectivity index (χ3n) is 3.23. The number of esters is 1. The van der Waals surface area contributed by atoms with Gasteiger partial charge >= 0.3 is 5.97 Å². The fourth-order valence-electron chi connectivity index (χ4n) is 2.07. The number of hydrogen-bond donors (Lipinski definition) is 1. The maximum Gasteiger partial charge on any atom is 0.355 e. The molecule has 1 aromatic rings. The molecule has 1 fully saturated rings. The van der Waals surface area contributed by atoms with Crippen LogP contribution >= 0.6 is 0 Å². The van der Waals surface area contributed by atoms with E-state index in [1.165, 1.54) is 12.3 Å². The lowest BCUT2D eigenvalue weighted by molar-refractivity contribution is 0.00529. The largest absolute Gasteiger partial charge is 0.455 e. The van der Waals surface area contributed by atoms with Crippen molar-refractivity contribution in [2.24, 2.45) is 5.14 Å². The summed E-state index contributed by atoms with van der Waals surface area (Å²) < 4.78 is 29.9. The number of carbonyl (C=O) groups excluding carboxylic acids is 1. The lowest BCUT2D eigenvalue weighted by atomic mass is 9.93. The van der Waals surface area contributed by atoms with E-state index in [1.807, 2.05) is 0 Å². The molecule has 2 rings (SSSR count). The van der Waals surface area contributed by atoms with Crippen molar-refractivity contribution in [1.82, 2.24) is 4.57 Å². The molecule has 0 spiro atoms. The van der Waals surface area contributed by atoms with Crippen molar-refractivity contribution in [2.75, 3.05) is 0 Å². The fourth-order valence-corrected chi connectivity index (χ4v) is 2.61. The van der Waals surface area contributed by atoms with Crippen LogP contribution in [0.3, 0.4) is 0 Å². The Balaban J connectivity index is 2.39. The normalized spacial score (nSPS) is 16.8. The van der Waals surface area contributed by atoms with Gasteiger partial charge in [0.05, 0.1) is 0 Å². The molecular weight excluding hydrogens is 280 g/mol. The number of nitrogens with two attached hydrogens (primary N) is 1. The highest BCUT2D eigenvalue weighted by Crippen LogP contribution is 2.34. The van der Waals surface area contributed by atoms with Crippen molar-refractivity contribution in [3.63, 3.8) is 0 Å². The molecule has 1 aliphatic carbocycles. The topological polar surface area (TPSA) is 91.4 Å². The van der Waals surface area contributed by atoms with Gasteiger partial charge in [0.25, 0.3) is 0 Å². The van der Waals surface area contributed by atoms with Crippen LogP contribution in [-0.2, 0) is 14.8 Å². The average Bonchev–Trinajstić information content (AvgIpc) is 2.55. The summed E-state index contributed by atoms with van der Waals surface area (Å²) >= 11 is 0. The number of sulfonamides is 1. The number of carbonyl (C=O) groups is 1. The zero-order chi connectivity index (χ0) is 15.1. The van der Waals surface area contributed by atoms with Crippen LogP contribution in [0.25, 0.3) is 0 Å². The molecule has 0 bridgehead atoms. The predicted molar refractivity (Wildman–Crippen MR) is 73.9 cm³/mol. The molecule has 0 unspecified atom stereocenters. The van der Waals surface area contributed by atoms with Gasteiger partial charge in [-0.15, -0.1) is 0 Å². The minimum Gasteiger partial charge on any atom is -0.455 e. The molecule has 1 saturated carbocycles. The SMILES string of the molecule is CC(C)(C)OC(=O)c1cc(S(N)(=O)=O)cn1C1CCC1. The van der Waals surface area contributed by atoms with E-state index in [9.17, 15) is 13.2 Å². The number of ether oxygens (including phenoxy) is 1. The zero-order valence-corrected chi connectivity index (χ0v) is 12.7. The lowest BCUT2D eigenvalue weighted by Gasteiger charge is -2.29. The van der Waals surface area contributed by atoms with Crippen LogP contribution in [0, 0.1) is 0 Å². The Morgan fingerprint density at radius 1 is 1.40 bits per heavy atom. The summed E-state index contributed by atoms with van der Waals surface area (Å²) in [6, 6.07) is 1.44. The Bertz CT molecular complexity index is 621.